The highest BCUT2D eigenvalue weighted by molar-refractivity contribution is 7.13. The van der Waals surface area contributed by atoms with Crippen molar-refractivity contribution < 1.29 is 9.53 Å². The molecule has 0 atom stereocenters. The fourth-order valence-corrected chi connectivity index (χ4v) is 4.00. The molecular formula is C19H24N2O2S. The zero-order valence-electron chi connectivity index (χ0n) is 15.0. The van der Waals surface area contributed by atoms with Crippen LogP contribution in [-0.4, -0.2) is 24.5 Å². The van der Waals surface area contributed by atoms with Crippen LogP contribution in [0.25, 0.3) is 0 Å². The van der Waals surface area contributed by atoms with Crippen molar-refractivity contribution in [2.24, 2.45) is 0 Å². The number of anilines is 1. The standard InChI is InChI=1S/C19H24N2O2S/c1-12-8-9-14(23-5)16-13(12)7-6-10-21(16)17(22)15-11-20-18(24-15)19(2,3)4/h8-9,11H,6-7,10H2,1-5H3. The number of amides is 1. The lowest BCUT2D eigenvalue weighted by molar-refractivity contribution is 0.0988. The second-order valence-corrected chi connectivity index (χ2v) is 8.28. The van der Waals surface area contributed by atoms with Crippen LogP contribution in [0.5, 0.6) is 5.75 Å². The third kappa shape index (κ3) is 2.93. The topological polar surface area (TPSA) is 42.4 Å². The molecule has 0 N–H and O–H groups in total. The molecule has 1 aliphatic heterocycles. The molecule has 3 rings (SSSR count). The summed E-state index contributed by atoms with van der Waals surface area (Å²) in [4.78, 5) is 20.1. The molecule has 0 spiro atoms. The molecule has 0 fully saturated rings. The number of fused-ring (bicyclic) bond motifs is 1. The maximum Gasteiger partial charge on any atom is 0.270 e. The average Bonchev–Trinajstić information content (AvgIpc) is 3.04. The quantitative estimate of drug-likeness (QED) is 0.813. The van der Waals surface area contributed by atoms with Crippen molar-refractivity contribution in [1.82, 2.24) is 4.98 Å². The van der Waals surface area contributed by atoms with E-state index in [9.17, 15) is 4.79 Å². The van der Waals surface area contributed by atoms with E-state index < -0.39 is 0 Å². The van der Waals surface area contributed by atoms with Gasteiger partial charge in [-0.2, -0.15) is 0 Å². The first-order valence-corrected chi connectivity index (χ1v) is 9.09. The summed E-state index contributed by atoms with van der Waals surface area (Å²) in [5.74, 6) is 0.789. The van der Waals surface area contributed by atoms with Crippen molar-refractivity contribution in [1.29, 1.82) is 0 Å². The van der Waals surface area contributed by atoms with Crippen molar-refractivity contribution in [3.8, 4) is 5.75 Å². The molecule has 1 aliphatic rings. The number of aromatic nitrogens is 1. The summed E-state index contributed by atoms with van der Waals surface area (Å²) in [6.45, 7) is 9.15. The summed E-state index contributed by atoms with van der Waals surface area (Å²) in [6.07, 6.45) is 3.67. The summed E-state index contributed by atoms with van der Waals surface area (Å²) < 4.78 is 5.54. The number of carbonyl (C=O) groups excluding carboxylic acids is 1. The first kappa shape index (κ1) is 17.0. The van der Waals surface area contributed by atoms with E-state index in [0.717, 1.165) is 29.3 Å². The molecule has 0 aliphatic carbocycles. The first-order chi connectivity index (χ1) is 11.3. The van der Waals surface area contributed by atoms with E-state index in [1.807, 2.05) is 11.0 Å². The Morgan fingerprint density at radius 3 is 2.71 bits per heavy atom. The van der Waals surface area contributed by atoms with Gasteiger partial charge in [0, 0.05) is 12.0 Å². The Bertz CT molecular complexity index is 774. The summed E-state index contributed by atoms with van der Waals surface area (Å²) in [5, 5.41) is 0.985. The van der Waals surface area contributed by atoms with Gasteiger partial charge in [-0.25, -0.2) is 4.98 Å². The summed E-state index contributed by atoms with van der Waals surface area (Å²) in [7, 11) is 1.66. The summed E-state index contributed by atoms with van der Waals surface area (Å²) in [5.41, 5.74) is 3.31. The maximum atomic E-state index is 13.1. The Hall–Kier alpha value is -1.88. The van der Waals surface area contributed by atoms with Crippen LogP contribution in [0.2, 0.25) is 0 Å². The van der Waals surface area contributed by atoms with Gasteiger partial charge in [-0.3, -0.25) is 4.79 Å². The van der Waals surface area contributed by atoms with Crippen LogP contribution in [-0.2, 0) is 11.8 Å². The van der Waals surface area contributed by atoms with Gasteiger partial charge in [0.1, 0.15) is 10.6 Å². The van der Waals surface area contributed by atoms with Gasteiger partial charge in [-0.05, 0) is 37.0 Å². The lowest BCUT2D eigenvalue weighted by Crippen LogP contribution is -2.35. The number of carbonyl (C=O) groups is 1. The second-order valence-electron chi connectivity index (χ2n) is 7.25. The van der Waals surface area contributed by atoms with Crippen LogP contribution in [0.15, 0.2) is 18.3 Å². The molecule has 5 heteroatoms. The third-order valence-electron chi connectivity index (χ3n) is 4.38. The number of hydrogen-bond donors (Lipinski definition) is 0. The molecule has 24 heavy (non-hydrogen) atoms. The fourth-order valence-electron chi connectivity index (χ4n) is 3.07. The Balaban J connectivity index is 2.02. The fraction of sp³-hybridized carbons (Fsp3) is 0.474. The van der Waals surface area contributed by atoms with Gasteiger partial charge >= 0.3 is 0 Å². The van der Waals surface area contributed by atoms with Crippen molar-refractivity contribution >= 4 is 22.9 Å². The third-order valence-corrected chi connectivity index (χ3v) is 5.79. The SMILES string of the molecule is COc1ccc(C)c2c1N(C(=O)c1cnc(C(C)(C)C)s1)CCC2. The van der Waals surface area contributed by atoms with E-state index in [2.05, 4.69) is 38.7 Å². The van der Waals surface area contributed by atoms with Gasteiger partial charge in [-0.15, -0.1) is 11.3 Å². The highest BCUT2D eigenvalue weighted by atomic mass is 32.1. The Morgan fingerprint density at radius 2 is 2.08 bits per heavy atom. The number of methoxy groups -OCH3 is 1. The van der Waals surface area contributed by atoms with Gasteiger partial charge in [-0.1, -0.05) is 26.8 Å². The van der Waals surface area contributed by atoms with Crippen LogP contribution in [0, 0.1) is 6.92 Å². The van der Waals surface area contributed by atoms with Crippen molar-refractivity contribution in [3.63, 3.8) is 0 Å². The van der Waals surface area contributed by atoms with Gasteiger partial charge in [0.25, 0.3) is 5.91 Å². The smallest absolute Gasteiger partial charge is 0.270 e. The minimum atomic E-state index is -0.0444. The maximum absolute atomic E-state index is 13.1. The Labute approximate surface area is 147 Å². The normalized spacial score (nSPS) is 14.5. The number of aryl methyl sites for hydroxylation is 1. The number of benzene rings is 1. The second kappa shape index (κ2) is 6.20. The number of ether oxygens (including phenoxy) is 1. The molecule has 0 saturated heterocycles. The van der Waals surface area contributed by atoms with Crippen LogP contribution in [0.4, 0.5) is 5.69 Å². The molecule has 0 radical (unpaired) electrons. The lowest BCUT2D eigenvalue weighted by Gasteiger charge is -2.31. The predicted molar refractivity (Wildman–Crippen MR) is 98.5 cm³/mol. The lowest BCUT2D eigenvalue weighted by atomic mass is 9.96. The average molecular weight is 344 g/mol. The monoisotopic (exact) mass is 344 g/mol. The van der Waals surface area contributed by atoms with Crippen molar-refractivity contribution in [2.75, 3.05) is 18.6 Å². The van der Waals surface area contributed by atoms with Gasteiger partial charge < -0.3 is 9.64 Å². The zero-order valence-corrected chi connectivity index (χ0v) is 15.8. The van der Waals surface area contributed by atoms with Gasteiger partial charge in [0.2, 0.25) is 0 Å². The molecule has 1 amide bonds. The van der Waals surface area contributed by atoms with Gasteiger partial charge in [0.15, 0.2) is 0 Å². The van der Waals surface area contributed by atoms with E-state index in [1.54, 1.807) is 13.3 Å². The highest BCUT2D eigenvalue weighted by Gasteiger charge is 2.30. The van der Waals surface area contributed by atoms with E-state index in [1.165, 1.54) is 22.5 Å². The Morgan fingerprint density at radius 1 is 1.33 bits per heavy atom. The van der Waals surface area contributed by atoms with Crippen LogP contribution in [0.1, 0.15) is 53.0 Å². The van der Waals surface area contributed by atoms with E-state index in [4.69, 9.17) is 4.74 Å². The molecule has 1 aromatic heterocycles. The zero-order chi connectivity index (χ0) is 17.5. The number of thiazole rings is 1. The molecule has 1 aromatic carbocycles. The number of hydrogen-bond acceptors (Lipinski definition) is 4. The minimum Gasteiger partial charge on any atom is -0.495 e. The first-order valence-electron chi connectivity index (χ1n) is 8.27. The highest BCUT2D eigenvalue weighted by Crippen LogP contribution is 2.39. The predicted octanol–water partition coefficient (Wildman–Crippen LogP) is 4.35. The number of rotatable bonds is 2. The van der Waals surface area contributed by atoms with Crippen molar-refractivity contribution in [2.45, 2.75) is 46.0 Å². The van der Waals surface area contributed by atoms with Crippen LogP contribution in [0.3, 0.4) is 0 Å². The van der Waals surface area contributed by atoms with Crippen molar-refractivity contribution in [3.05, 3.63) is 39.3 Å². The number of nitrogens with zero attached hydrogens (tertiary/aromatic N) is 2. The molecule has 2 aromatic rings. The molecule has 128 valence electrons. The molecule has 0 bridgehead atoms. The summed E-state index contributed by atoms with van der Waals surface area (Å²) >= 11 is 1.49. The van der Waals surface area contributed by atoms with E-state index in [-0.39, 0.29) is 11.3 Å². The van der Waals surface area contributed by atoms with E-state index >= 15 is 0 Å². The van der Waals surface area contributed by atoms with E-state index in [0.29, 0.717) is 11.4 Å². The molecule has 2 heterocycles. The van der Waals surface area contributed by atoms with Gasteiger partial charge in [0.05, 0.1) is 24.0 Å². The Kier molecular flexibility index (Phi) is 4.38. The van der Waals surface area contributed by atoms with Crippen LogP contribution < -0.4 is 9.64 Å². The molecule has 0 saturated carbocycles. The molecule has 0 unspecified atom stereocenters. The summed E-state index contributed by atoms with van der Waals surface area (Å²) in [6, 6.07) is 4.02. The molecule has 4 nitrogen and oxygen atoms in total. The molecular weight excluding hydrogens is 320 g/mol. The largest absolute Gasteiger partial charge is 0.495 e. The minimum absolute atomic E-state index is 0.0212. The van der Waals surface area contributed by atoms with Crippen LogP contribution >= 0.6 is 11.3 Å².